The van der Waals surface area contributed by atoms with Gasteiger partial charge in [-0.15, -0.1) is 16.4 Å². The van der Waals surface area contributed by atoms with Crippen LogP contribution in [0.2, 0.25) is 5.02 Å². The van der Waals surface area contributed by atoms with Crippen molar-refractivity contribution in [3.8, 4) is 0 Å². The molecule has 0 saturated carbocycles. The molecule has 2 aromatic heterocycles. The Bertz CT molecular complexity index is 566. The van der Waals surface area contributed by atoms with Gasteiger partial charge in [-0.2, -0.15) is 5.10 Å². The van der Waals surface area contributed by atoms with Gasteiger partial charge in [-0.3, -0.25) is 4.90 Å². The van der Waals surface area contributed by atoms with Gasteiger partial charge < -0.3 is 4.90 Å². The van der Waals surface area contributed by atoms with E-state index in [-0.39, 0.29) is 0 Å². The molecule has 1 fully saturated rings. The van der Waals surface area contributed by atoms with Crippen LogP contribution < -0.4 is 4.90 Å². The molecular weight excluding hydrogens is 304 g/mol. The fraction of sp³-hybridized carbons (Fsp3) is 0.467. The lowest BCUT2D eigenvalue weighted by atomic mass is 10.0. The summed E-state index contributed by atoms with van der Waals surface area (Å²) in [5.41, 5.74) is 0. The minimum absolute atomic E-state index is 0.607. The van der Waals surface area contributed by atoms with E-state index in [1.807, 2.05) is 18.2 Å². The third-order valence-electron chi connectivity index (χ3n) is 4.05. The molecule has 21 heavy (non-hydrogen) atoms. The molecule has 3 heterocycles. The van der Waals surface area contributed by atoms with Gasteiger partial charge in [0, 0.05) is 36.8 Å². The summed E-state index contributed by atoms with van der Waals surface area (Å²) in [6, 6.07) is 6.56. The van der Waals surface area contributed by atoms with Crippen molar-refractivity contribution >= 4 is 28.8 Å². The molecule has 3 rings (SSSR count). The van der Waals surface area contributed by atoms with Crippen molar-refractivity contribution < 1.29 is 0 Å². The zero-order valence-electron chi connectivity index (χ0n) is 12.1. The van der Waals surface area contributed by atoms with E-state index in [2.05, 4.69) is 32.4 Å². The molecule has 1 aliphatic heterocycles. The molecule has 0 bridgehead atoms. The van der Waals surface area contributed by atoms with Crippen molar-refractivity contribution in [1.29, 1.82) is 0 Å². The van der Waals surface area contributed by atoms with Crippen LogP contribution >= 0.6 is 22.9 Å². The van der Waals surface area contributed by atoms with E-state index in [4.69, 9.17) is 11.6 Å². The van der Waals surface area contributed by atoms with Crippen LogP contribution in [0.3, 0.4) is 0 Å². The van der Waals surface area contributed by atoms with E-state index < -0.39 is 0 Å². The number of aromatic nitrogens is 2. The van der Waals surface area contributed by atoms with Crippen molar-refractivity contribution in [2.75, 3.05) is 25.0 Å². The summed E-state index contributed by atoms with van der Waals surface area (Å²) in [6.07, 6.45) is 4.01. The van der Waals surface area contributed by atoms with Crippen LogP contribution in [-0.4, -0.2) is 41.3 Å². The summed E-state index contributed by atoms with van der Waals surface area (Å²) in [7, 11) is 2.19. The molecule has 0 aromatic carbocycles. The first kappa shape index (κ1) is 14.8. The molecule has 112 valence electrons. The van der Waals surface area contributed by atoms with E-state index in [1.54, 1.807) is 17.5 Å². The zero-order chi connectivity index (χ0) is 14.7. The van der Waals surface area contributed by atoms with Crippen LogP contribution in [0.15, 0.2) is 29.8 Å². The van der Waals surface area contributed by atoms with Gasteiger partial charge in [-0.25, -0.2) is 0 Å². The van der Waals surface area contributed by atoms with Crippen molar-refractivity contribution in [3.05, 3.63) is 39.7 Å². The molecule has 0 N–H and O–H groups in total. The summed E-state index contributed by atoms with van der Waals surface area (Å²) in [5.74, 6) is 0.986. The molecule has 6 heteroatoms. The minimum Gasteiger partial charge on any atom is -0.355 e. The van der Waals surface area contributed by atoms with Crippen LogP contribution in [0.5, 0.6) is 0 Å². The van der Waals surface area contributed by atoms with Crippen molar-refractivity contribution in [3.63, 3.8) is 0 Å². The molecule has 1 saturated heterocycles. The number of anilines is 1. The van der Waals surface area contributed by atoms with Crippen LogP contribution in [0.25, 0.3) is 0 Å². The first-order valence-electron chi connectivity index (χ1n) is 7.19. The van der Waals surface area contributed by atoms with Gasteiger partial charge in [0.25, 0.3) is 0 Å². The largest absolute Gasteiger partial charge is 0.355 e. The SMILES string of the molecule is CN(Cc1sccc1Cl)C1CCN(c2cccnn2)CC1. The molecular formula is C15H19ClN4S. The first-order valence-corrected chi connectivity index (χ1v) is 8.44. The highest BCUT2D eigenvalue weighted by Crippen LogP contribution is 2.26. The van der Waals surface area contributed by atoms with Crippen molar-refractivity contribution in [2.24, 2.45) is 0 Å². The Balaban J connectivity index is 1.55. The van der Waals surface area contributed by atoms with Crippen LogP contribution in [0, 0.1) is 0 Å². The predicted octanol–water partition coefficient (Wildman–Crippen LogP) is 3.29. The maximum Gasteiger partial charge on any atom is 0.151 e. The Morgan fingerprint density at radius 3 is 2.81 bits per heavy atom. The lowest BCUT2D eigenvalue weighted by Gasteiger charge is -2.37. The second-order valence-corrected chi connectivity index (χ2v) is 6.81. The maximum atomic E-state index is 6.19. The standard InChI is InChI=1S/C15H19ClN4S/c1-19(11-14-13(16)6-10-21-14)12-4-8-20(9-5-12)15-3-2-7-17-18-15/h2-3,6-7,10,12H,4-5,8-9,11H2,1H3. The average molecular weight is 323 g/mol. The third kappa shape index (κ3) is 3.54. The van der Waals surface area contributed by atoms with Crippen molar-refractivity contribution in [2.45, 2.75) is 25.4 Å². The predicted molar refractivity (Wildman–Crippen MR) is 88.1 cm³/mol. The first-order chi connectivity index (χ1) is 10.2. The van der Waals surface area contributed by atoms with Gasteiger partial charge in [0.2, 0.25) is 0 Å². The fourth-order valence-corrected chi connectivity index (χ4v) is 3.95. The molecule has 2 aromatic rings. The highest BCUT2D eigenvalue weighted by atomic mass is 35.5. The average Bonchev–Trinajstić information content (AvgIpc) is 2.93. The Kier molecular flexibility index (Phi) is 4.73. The third-order valence-corrected chi connectivity index (χ3v) is 5.43. The lowest BCUT2D eigenvalue weighted by Crippen LogP contribution is -2.43. The Hall–Kier alpha value is -1.17. The summed E-state index contributed by atoms with van der Waals surface area (Å²) in [6.45, 7) is 3.00. The minimum atomic E-state index is 0.607. The highest BCUT2D eigenvalue weighted by Gasteiger charge is 2.23. The maximum absolute atomic E-state index is 6.19. The topological polar surface area (TPSA) is 32.3 Å². The Labute approximate surface area is 134 Å². The van der Waals surface area contributed by atoms with E-state index >= 15 is 0 Å². The van der Waals surface area contributed by atoms with Crippen LogP contribution in [-0.2, 0) is 6.54 Å². The molecule has 0 atom stereocenters. The van der Waals surface area contributed by atoms with Gasteiger partial charge in [0.15, 0.2) is 5.82 Å². The summed E-state index contributed by atoms with van der Waals surface area (Å²) in [4.78, 5) is 6.00. The fourth-order valence-electron chi connectivity index (χ4n) is 2.79. The smallest absolute Gasteiger partial charge is 0.151 e. The summed E-state index contributed by atoms with van der Waals surface area (Å²) < 4.78 is 0. The molecule has 0 radical (unpaired) electrons. The molecule has 0 spiro atoms. The van der Waals surface area contributed by atoms with E-state index in [1.165, 1.54) is 4.88 Å². The van der Waals surface area contributed by atoms with Gasteiger partial charge in [-0.1, -0.05) is 11.6 Å². The molecule has 0 unspecified atom stereocenters. The number of thiophene rings is 1. The molecule has 1 aliphatic rings. The second kappa shape index (κ2) is 6.73. The number of hydrogen-bond donors (Lipinski definition) is 0. The van der Waals surface area contributed by atoms with Crippen LogP contribution in [0.1, 0.15) is 17.7 Å². The number of rotatable bonds is 4. The van der Waals surface area contributed by atoms with E-state index in [9.17, 15) is 0 Å². The van der Waals surface area contributed by atoms with Crippen LogP contribution in [0.4, 0.5) is 5.82 Å². The molecule has 0 amide bonds. The number of halogens is 1. The Morgan fingerprint density at radius 2 is 2.19 bits per heavy atom. The second-order valence-electron chi connectivity index (χ2n) is 5.41. The van der Waals surface area contributed by atoms with Gasteiger partial charge in [-0.05, 0) is 43.5 Å². The quantitative estimate of drug-likeness (QED) is 0.864. The number of piperidine rings is 1. The van der Waals surface area contributed by atoms with Crippen molar-refractivity contribution in [1.82, 2.24) is 15.1 Å². The van der Waals surface area contributed by atoms with Gasteiger partial charge in [0.1, 0.15) is 0 Å². The lowest BCUT2D eigenvalue weighted by molar-refractivity contribution is 0.201. The van der Waals surface area contributed by atoms with Gasteiger partial charge in [0.05, 0.1) is 5.02 Å². The zero-order valence-corrected chi connectivity index (χ0v) is 13.6. The van der Waals surface area contributed by atoms with E-state index in [0.717, 1.165) is 43.3 Å². The molecule has 4 nitrogen and oxygen atoms in total. The normalized spacial score (nSPS) is 16.6. The van der Waals surface area contributed by atoms with Gasteiger partial charge >= 0.3 is 0 Å². The monoisotopic (exact) mass is 322 g/mol. The number of nitrogens with zero attached hydrogens (tertiary/aromatic N) is 4. The highest BCUT2D eigenvalue weighted by molar-refractivity contribution is 7.10. The summed E-state index contributed by atoms with van der Waals surface area (Å²) >= 11 is 7.92. The van der Waals surface area contributed by atoms with E-state index in [0.29, 0.717) is 6.04 Å². The number of hydrogen-bond acceptors (Lipinski definition) is 5. The Morgan fingerprint density at radius 1 is 1.38 bits per heavy atom. The summed E-state index contributed by atoms with van der Waals surface area (Å²) in [5, 5.41) is 11.1. The molecule has 0 aliphatic carbocycles.